The van der Waals surface area contributed by atoms with Gasteiger partial charge >= 0.3 is 5.97 Å². The van der Waals surface area contributed by atoms with E-state index >= 15 is 0 Å². The summed E-state index contributed by atoms with van der Waals surface area (Å²) in [5.41, 5.74) is -0.746. The third kappa shape index (κ3) is 2.39. The van der Waals surface area contributed by atoms with Gasteiger partial charge in [-0.2, -0.15) is 0 Å². The number of carboxylic acid groups (broad SMARTS) is 1. The van der Waals surface area contributed by atoms with E-state index in [9.17, 15) is 23.5 Å². The molecule has 2 saturated carbocycles. The van der Waals surface area contributed by atoms with Crippen molar-refractivity contribution in [1.82, 2.24) is 4.57 Å². The fraction of sp³-hybridized carbons (Fsp3) is 0.444. The van der Waals surface area contributed by atoms with E-state index in [1.54, 1.807) is 18.2 Å². The van der Waals surface area contributed by atoms with Gasteiger partial charge in [0.05, 0.1) is 12.1 Å². The van der Waals surface area contributed by atoms with Gasteiger partial charge in [-0.3, -0.25) is 9.00 Å². The highest BCUT2D eigenvalue weighted by molar-refractivity contribution is 7.81. The number of aromatic carboxylic acids is 1. The standard InChI is InChI=1S/C18H19NO6S/c1-19-14-11(9-12(15(19)20)16(21)22)3-2-4-13(14)25-10-17(5-6-17)18(7-8-18)26(23)24/h2-4,9H,5-8,10H2,1H3,(H,21,22)(H,23,24)/p-1. The van der Waals surface area contributed by atoms with Crippen molar-refractivity contribution in [2.45, 2.75) is 30.4 Å². The third-order valence-corrected chi connectivity index (χ3v) is 7.26. The molecule has 1 heterocycles. The first-order valence-corrected chi connectivity index (χ1v) is 9.47. The molecule has 1 aromatic carbocycles. The molecular weight excluding hydrogens is 358 g/mol. The Balaban J connectivity index is 1.70. The molecule has 4 rings (SSSR count). The number of nitrogens with zero attached hydrogens (tertiary/aromatic N) is 1. The average molecular weight is 376 g/mol. The van der Waals surface area contributed by atoms with Gasteiger partial charge in [0, 0.05) is 22.6 Å². The van der Waals surface area contributed by atoms with Crippen LogP contribution in [0.25, 0.3) is 10.9 Å². The fourth-order valence-electron chi connectivity index (χ4n) is 3.87. The van der Waals surface area contributed by atoms with E-state index < -0.39 is 27.4 Å². The quantitative estimate of drug-likeness (QED) is 0.770. The predicted octanol–water partition coefficient (Wildman–Crippen LogP) is 1.81. The van der Waals surface area contributed by atoms with Gasteiger partial charge in [0.25, 0.3) is 5.56 Å². The highest BCUT2D eigenvalue weighted by atomic mass is 32.2. The minimum Gasteiger partial charge on any atom is -0.772 e. The van der Waals surface area contributed by atoms with Crippen LogP contribution < -0.4 is 10.3 Å². The number of ether oxygens (including phenoxy) is 1. The maximum absolute atomic E-state index is 12.3. The van der Waals surface area contributed by atoms with Crippen LogP contribution in [0.15, 0.2) is 29.1 Å². The third-order valence-electron chi connectivity index (χ3n) is 5.78. The second-order valence-corrected chi connectivity index (χ2v) is 8.47. The van der Waals surface area contributed by atoms with Gasteiger partial charge in [0.1, 0.15) is 11.3 Å². The van der Waals surface area contributed by atoms with E-state index in [0.717, 1.165) is 12.8 Å². The molecule has 1 N–H and O–H groups in total. The molecule has 1 atom stereocenters. The van der Waals surface area contributed by atoms with Crippen LogP contribution in [0.4, 0.5) is 0 Å². The number of pyridine rings is 1. The zero-order chi connectivity index (χ0) is 18.7. The number of hydrogen-bond donors (Lipinski definition) is 1. The van der Waals surface area contributed by atoms with Gasteiger partial charge in [-0.25, -0.2) is 4.79 Å². The average Bonchev–Trinajstić information content (AvgIpc) is 3.49. The minimum absolute atomic E-state index is 0.273. The molecule has 2 fully saturated rings. The van der Waals surface area contributed by atoms with Crippen LogP contribution >= 0.6 is 0 Å². The first-order chi connectivity index (χ1) is 12.3. The summed E-state index contributed by atoms with van der Waals surface area (Å²) in [6.07, 6.45) is 2.96. The van der Waals surface area contributed by atoms with Crippen LogP contribution in [0.1, 0.15) is 36.0 Å². The Morgan fingerprint density at radius 3 is 2.58 bits per heavy atom. The molecule has 1 unspecified atom stereocenters. The maximum Gasteiger partial charge on any atom is 0.341 e. The van der Waals surface area contributed by atoms with E-state index in [1.807, 2.05) is 0 Å². The van der Waals surface area contributed by atoms with E-state index in [4.69, 9.17) is 4.74 Å². The number of rotatable bonds is 6. The molecule has 7 nitrogen and oxygen atoms in total. The van der Waals surface area contributed by atoms with E-state index in [-0.39, 0.29) is 17.6 Å². The van der Waals surface area contributed by atoms with Crippen LogP contribution in [0.3, 0.4) is 0 Å². The van der Waals surface area contributed by atoms with Crippen LogP contribution in [0.5, 0.6) is 5.75 Å². The molecule has 26 heavy (non-hydrogen) atoms. The largest absolute Gasteiger partial charge is 0.772 e. The first-order valence-electron chi connectivity index (χ1n) is 8.40. The van der Waals surface area contributed by atoms with E-state index in [2.05, 4.69) is 0 Å². The molecule has 0 spiro atoms. The number of fused-ring (bicyclic) bond motifs is 1. The molecule has 138 valence electrons. The SMILES string of the molecule is Cn1c(=O)c(C(=O)O)cc2cccc(OCC3(C4(S(=O)[O-])CC4)CC3)c21. The fourth-order valence-corrected chi connectivity index (χ4v) is 4.92. The van der Waals surface area contributed by atoms with Crippen molar-refractivity contribution in [3.63, 3.8) is 0 Å². The van der Waals surface area contributed by atoms with Crippen molar-refractivity contribution in [2.24, 2.45) is 12.5 Å². The molecule has 0 aliphatic heterocycles. The van der Waals surface area contributed by atoms with Crippen molar-refractivity contribution in [3.8, 4) is 5.75 Å². The zero-order valence-electron chi connectivity index (χ0n) is 14.2. The van der Waals surface area contributed by atoms with Gasteiger partial charge in [0.15, 0.2) is 0 Å². The smallest absolute Gasteiger partial charge is 0.341 e. The molecule has 0 bridgehead atoms. The molecule has 1 aromatic heterocycles. The second-order valence-electron chi connectivity index (χ2n) is 7.22. The lowest BCUT2D eigenvalue weighted by Crippen LogP contribution is -2.34. The van der Waals surface area contributed by atoms with Crippen LogP contribution in [0, 0.1) is 5.41 Å². The van der Waals surface area contributed by atoms with Gasteiger partial charge in [-0.15, -0.1) is 0 Å². The summed E-state index contributed by atoms with van der Waals surface area (Å²) in [5, 5.41) is 9.77. The van der Waals surface area contributed by atoms with Crippen molar-refractivity contribution < 1.29 is 23.4 Å². The van der Waals surface area contributed by atoms with Crippen molar-refractivity contribution in [2.75, 3.05) is 6.61 Å². The van der Waals surface area contributed by atoms with Crippen molar-refractivity contribution in [1.29, 1.82) is 0 Å². The molecule has 2 aliphatic carbocycles. The van der Waals surface area contributed by atoms with Gasteiger partial charge in [-0.1, -0.05) is 12.1 Å². The van der Waals surface area contributed by atoms with E-state index in [0.29, 0.717) is 29.5 Å². The molecule has 0 saturated heterocycles. The highest BCUT2D eigenvalue weighted by Crippen LogP contribution is 2.66. The Morgan fingerprint density at radius 2 is 2.04 bits per heavy atom. The number of hydrogen-bond acceptors (Lipinski definition) is 5. The summed E-state index contributed by atoms with van der Waals surface area (Å²) in [6, 6.07) is 6.50. The normalized spacial score (nSPS) is 20.5. The summed E-state index contributed by atoms with van der Waals surface area (Å²) in [6.45, 7) is 0.273. The molecule has 2 aromatic rings. The van der Waals surface area contributed by atoms with Gasteiger partial charge < -0.3 is 19.0 Å². The van der Waals surface area contributed by atoms with Gasteiger partial charge in [0.2, 0.25) is 0 Å². The summed E-state index contributed by atoms with van der Waals surface area (Å²) in [5.74, 6) is -0.817. The van der Waals surface area contributed by atoms with Crippen molar-refractivity contribution in [3.05, 3.63) is 40.2 Å². The summed E-state index contributed by atoms with van der Waals surface area (Å²) < 4.78 is 29.9. The van der Waals surface area contributed by atoms with Crippen LogP contribution in [-0.4, -0.2) is 35.8 Å². The molecule has 0 radical (unpaired) electrons. The lowest BCUT2D eigenvalue weighted by Gasteiger charge is -2.29. The predicted molar refractivity (Wildman–Crippen MR) is 94.2 cm³/mol. The summed E-state index contributed by atoms with van der Waals surface area (Å²) in [4.78, 5) is 23.5. The number of carbonyl (C=O) groups is 1. The summed E-state index contributed by atoms with van der Waals surface area (Å²) >= 11 is -2.12. The molecular formula is C18H18NO6S-. The lowest BCUT2D eigenvalue weighted by atomic mass is 10.0. The molecule has 8 heteroatoms. The van der Waals surface area contributed by atoms with Crippen molar-refractivity contribution >= 4 is 28.0 Å². The Bertz CT molecular complexity index is 1000. The lowest BCUT2D eigenvalue weighted by molar-refractivity contribution is 0.0694. The number of para-hydroxylation sites is 1. The van der Waals surface area contributed by atoms with Gasteiger partial charge in [-0.05, 0) is 48.9 Å². The topological polar surface area (TPSA) is 109 Å². The Hall–Kier alpha value is -2.19. The number of carboxylic acids is 1. The van der Waals surface area contributed by atoms with Crippen LogP contribution in [-0.2, 0) is 18.1 Å². The molecule has 2 aliphatic rings. The Kier molecular flexibility index (Phi) is 3.75. The zero-order valence-corrected chi connectivity index (χ0v) is 15.0. The second kappa shape index (κ2) is 5.65. The monoisotopic (exact) mass is 376 g/mol. The Morgan fingerprint density at radius 1 is 1.35 bits per heavy atom. The first kappa shape index (κ1) is 17.2. The number of aromatic nitrogens is 1. The summed E-state index contributed by atoms with van der Waals surface area (Å²) in [7, 11) is 1.51. The Labute approximate surface area is 151 Å². The number of aryl methyl sites for hydroxylation is 1. The number of benzene rings is 1. The highest BCUT2D eigenvalue weighted by Gasteiger charge is 2.67. The molecule has 0 amide bonds. The minimum atomic E-state index is -2.12. The van der Waals surface area contributed by atoms with Crippen LogP contribution in [0.2, 0.25) is 0 Å². The van der Waals surface area contributed by atoms with E-state index in [1.165, 1.54) is 17.7 Å². The maximum atomic E-state index is 12.3.